The van der Waals surface area contributed by atoms with Crippen LogP contribution in [0.5, 0.6) is 11.5 Å². The Balaban J connectivity index is 1.85. The SMILES string of the molecule is COc1ccc(CCN2C(=O)N(NS(=O)(=O)CC#N)CC2c2ccccc2OC)cc1. The van der Waals surface area contributed by atoms with Crippen LogP contribution in [0.25, 0.3) is 0 Å². The quantitative estimate of drug-likeness (QED) is 0.634. The van der Waals surface area contributed by atoms with E-state index in [0.29, 0.717) is 18.7 Å². The smallest absolute Gasteiger partial charge is 0.335 e. The van der Waals surface area contributed by atoms with E-state index in [1.165, 1.54) is 0 Å². The first kappa shape index (κ1) is 22.4. The van der Waals surface area contributed by atoms with E-state index in [1.54, 1.807) is 31.3 Å². The van der Waals surface area contributed by atoms with E-state index in [2.05, 4.69) is 4.83 Å². The molecule has 0 saturated carbocycles. The molecule has 2 aromatic rings. The van der Waals surface area contributed by atoms with Gasteiger partial charge in [0, 0.05) is 12.1 Å². The highest BCUT2D eigenvalue weighted by Crippen LogP contribution is 2.34. The van der Waals surface area contributed by atoms with Crippen LogP contribution in [0.4, 0.5) is 4.79 Å². The summed E-state index contributed by atoms with van der Waals surface area (Å²) in [5, 5.41) is 9.77. The van der Waals surface area contributed by atoms with Crippen molar-refractivity contribution in [3.8, 4) is 17.6 Å². The van der Waals surface area contributed by atoms with Crippen LogP contribution in [-0.4, -0.2) is 57.4 Å². The van der Waals surface area contributed by atoms with Gasteiger partial charge in [-0.2, -0.15) is 5.26 Å². The highest BCUT2D eigenvalue weighted by Gasteiger charge is 2.40. The number of rotatable bonds is 9. The zero-order valence-electron chi connectivity index (χ0n) is 17.3. The summed E-state index contributed by atoms with van der Waals surface area (Å²) in [5.41, 5.74) is 1.78. The highest BCUT2D eigenvalue weighted by molar-refractivity contribution is 7.89. The number of hydrogen-bond donors (Lipinski definition) is 1. The Bertz CT molecular complexity index is 1070. The van der Waals surface area contributed by atoms with Crippen LogP contribution in [0.3, 0.4) is 0 Å². The van der Waals surface area contributed by atoms with E-state index in [9.17, 15) is 13.2 Å². The molecule has 3 rings (SSSR count). The largest absolute Gasteiger partial charge is 0.497 e. The molecule has 1 N–H and O–H groups in total. The molecular formula is C21H24N4O5S. The molecule has 0 aliphatic carbocycles. The first-order chi connectivity index (χ1) is 14.9. The minimum atomic E-state index is -3.95. The van der Waals surface area contributed by atoms with Gasteiger partial charge in [-0.15, -0.1) is 4.83 Å². The number of para-hydroxylation sites is 1. The second-order valence-electron chi connectivity index (χ2n) is 6.95. The minimum absolute atomic E-state index is 0.0898. The van der Waals surface area contributed by atoms with E-state index in [1.807, 2.05) is 42.5 Å². The number of nitrogens with zero attached hydrogens (tertiary/aromatic N) is 3. The average molecular weight is 445 g/mol. The van der Waals surface area contributed by atoms with Crippen molar-refractivity contribution in [1.29, 1.82) is 5.26 Å². The lowest BCUT2D eigenvalue weighted by atomic mass is 10.0. The number of urea groups is 1. The predicted molar refractivity (Wildman–Crippen MR) is 114 cm³/mol. The van der Waals surface area contributed by atoms with Crippen molar-refractivity contribution in [2.75, 3.05) is 33.1 Å². The van der Waals surface area contributed by atoms with Crippen LogP contribution in [0.1, 0.15) is 17.2 Å². The maximum Gasteiger partial charge on any atom is 0.335 e. The third-order valence-electron chi connectivity index (χ3n) is 5.01. The van der Waals surface area contributed by atoms with Crippen molar-refractivity contribution in [2.24, 2.45) is 0 Å². The molecule has 1 fully saturated rings. The first-order valence-corrected chi connectivity index (χ1v) is 11.2. The predicted octanol–water partition coefficient (Wildman–Crippen LogP) is 2.08. The summed E-state index contributed by atoms with van der Waals surface area (Å²) < 4.78 is 34.7. The van der Waals surface area contributed by atoms with E-state index < -0.39 is 27.8 Å². The van der Waals surface area contributed by atoms with E-state index >= 15 is 0 Å². The molecule has 164 valence electrons. The number of carbonyl (C=O) groups excluding carboxylic acids is 1. The molecule has 9 nitrogen and oxygen atoms in total. The maximum atomic E-state index is 13.1. The molecule has 1 saturated heterocycles. The van der Waals surface area contributed by atoms with Crippen LogP contribution >= 0.6 is 0 Å². The fourth-order valence-electron chi connectivity index (χ4n) is 3.50. The zero-order valence-corrected chi connectivity index (χ0v) is 18.1. The third kappa shape index (κ3) is 5.25. The van der Waals surface area contributed by atoms with Gasteiger partial charge in [-0.25, -0.2) is 18.2 Å². The molecule has 10 heteroatoms. The number of nitrogens with one attached hydrogen (secondary N) is 1. The highest BCUT2D eigenvalue weighted by atomic mass is 32.2. The molecule has 1 unspecified atom stereocenters. The lowest BCUT2D eigenvalue weighted by Gasteiger charge is -2.24. The summed E-state index contributed by atoms with van der Waals surface area (Å²) in [6.07, 6.45) is 0.570. The van der Waals surface area contributed by atoms with Crippen LogP contribution < -0.4 is 14.3 Å². The molecule has 2 amide bonds. The number of sulfonamides is 1. The van der Waals surface area contributed by atoms with Crippen molar-refractivity contribution in [3.05, 3.63) is 59.7 Å². The lowest BCUT2D eigenvalue weighted by molar-refractivity contribution is 0.182. The van der Waals surface area contributed by atoms with Crippen LogP contribution in [0.2, 0.25) is 0 Å². The van der Waals surface area contributed by atoms with Gasteiger partial charge in [0.1, 0.15) is 11.5 Å². The number of benzene rings is 2. The standard InChI is InChI=1S/C21H24N4O5S/c1-29-17-9-7-16(8-10-17)11-13-24-19(18-5-3-4-6-20(18)30-2)15-25(21(24)26)23-31(27,28)14-12-22/h3-10,19,23H,11,13-15H2,1-2H3. The molecule has 1 aliphatic rings. The van der Waals surface area contributed by atoms with Gasteiger partial charge in [0.2, 0.25) is 10.0 Å². The van der Waals surface area contributed by atoms with Crippen LogP contribution in [-0.2, 0) is 16.4 Å². The minimum Gasteiger partial charge on any atom is -0.497 e. The van der Waals surface area contributed by atoms with Crippen molar-refractivity contribution >= 4 is 16.1 Å². The van der Waals surface area contributed by atoms with Gasteiger partial charge < -0.3 is 14.4 Å². The van der Waals surface area contributed by atoms with Gasteiger partial charge in [-0.05, 0) is 30.2 Å². The molecule has 1 heterocycles. The fourth-order valence-corrected chi connectivity index (χ4v) is 4.22. The number of hydrazine groups is 1. The van der Waals surface area contributed by atoms with Crippen molar-refractivity contribution in [3.63, 3.8) is 0 Å². The normalized spacial score (nSPS) is 16.3. The van der Waals surface area contributed by atoms with Crippen molar-refractivity contribution < 1.29 is 22.7 Å². The molecule has 0 bridgehead atoms. The number of ether oxygens (including phenoxy) is 2. The van der Waals surface area contributed by atoms with Gasteiger partial charge in [0.15, 0.2) is 5.75 Å². The van der Waals surface area contributed by atoms with Crippen LogP contribution in [0.15, 0.2) is 48.5 Å². The summed E-state index contributed by atoms with van der Waals surface area (Å²) in [6, 6.07) is 15.5. The van der Waals surface area contributed by atoms with Gasteiger partial charge in [-0.3, -0.25) is 0 Å². The zero-order chi connectivity index (χ0) is 22.4. The molecule has 1 aliphatic heterocycles. The Morgan fingerprint density at radius 2 is 1.84 bits per heavy atom. The molecule has 1 atom stereocenters. The number of hydrogen-bond acceptors (Lipinski definition) is 6. The van der Waals surface area contributed by atoms with E-state index in [4.69, 9.17) is 14.7 Å². The summed E-state index contributed by atoms with van der Waals surface area (Å²) in [7, 11) is -0.804. The second kappa shape index (κ2) is 9.68. The Morgan fingerprint density at radius 1 is 1.13 bits per heavy atom. The third-order valence-corrected chi connectivity index (χ3v) is 6.02. The average Bonchev–Trinajstić information content (AvgIpc) is 3.06. The number of nitriles is 1. The summed E-state index contributed by atoms with van der Waals surface area (Å²) in [6.45, 7) is 0.455. The molecular weight excluding hydrogens is 420 g/mol. The lowest BCUT2D eigenvalue weighted by Crippen LogP contribution is -2.45. The van der Waals surface area contributed by atoms with Crippen molar-refractivity contribution in [1.82, 2.24) is 14.7 Å². The van der Waals surface area contributed by atoms with Crippen molar-refractivity contribution in [2.45, 2.75) is 12.5 Å². The summed E-state index contributed by atoms with van der Waals surface area (Å²) >= 11 is 0. The van der Waals surface area contributed by atoms with E-state index in [-0.39, 0.29) is 6.54 Å². The Labute approximate surface area is 181 Å². The molecule has 31 heavy (non-hydrogen) atoms. The van der Waals surface area contributed by atoms with Gasteiger partial charge in [-0.1, -0.05) is 30.3 Å². The topological polar surface area (TPSA) is 112 Å². The van der Waals surface area contributed by atoms with E-state index in [0.717, 1.165) is 21.9 Å². The number of methoxy groups -OCH3 is 2. The fraction of sp³-hybridized carbons (Fsp3) is 0.333. The first-order valence-electron chi connectivity index (χ1n) is 9.59. The monoisotopic (exact) mass is 444 g/mol. The van der Waals surface area contributed by atoms with Gasteiger partial charge in [0.25, 0.3) is 0 Å². The Kier molecular flexibility index (Phi) is 6.99. The van der Waals surface area contributed by atoms with Gasteiger partial charge in [0.05, 0.1) is 32.9 Å². The number of carbonyl (C=O) groups is 1. The molecule has 2 aromatic carbocycles. The number of amides is 2. The summed E-state index contributed by atoms with van der Waals surface area (Å²) in [5.74, 6) is 0.615. The summed E-state index contributed by atoms with van der Waals surface area (Å²) in [4.78, 5) is 16.9. The molecule has 0 aromatic heterocycles. The molecule has 0 spiro atoms. The second-order valence-corrected chi connectivity index (χ2v) is 8.65. The maximum absolute atomic E-state index is 13.1. The Morgan fingerprint density at radius 3 is 2.48 bits per heavy atom. The molecule has 0 radical (unpaired) electrons. The van der Waals surface area contributed by atoms with Gasteiger partial charge >= 0.3 is 6.03 Å². The van der Waals surface area contributed by atoms with Crippen LogP contribution in [0, 0.1) is 11.3 Å². The Hall–Kier alpha value is -3.29.